The van der Waals surface area contributed by atoms with Gasteiger partial charge in [0.05, 0.1) is 12.9 Å². The highest BCUT2D eigenvalue weighted by atomic mass is 16.5. The van der Waals surface area contributed by atoms with E-state index in [1.165, 1.54) is 6.26 Å². The first-order chi connectivity index (χ1) is 10.1. The van der Waals surface area contributed by atoms with Crippen molar-refractivity contribution >= 4 is 11.9 Å². The van der Waals surface area contributed by atoms with Gasteiger partial charge in [-0.15, -0.1) is 0 Å². The van der Waals surface area contributed by atoms with Crippen molar-refractivity contribution in [3.05, 3.63) is 12.8 Å². The minimum atomic E-state index is -0.833. The molecule has 0 saturated carbocycles. The van der Waals surface area contributed by atoms with Crippen molar-refractivity contribution in [1.29, 1.82) is 0 Å². The van der Waals surface area contributed by atoms with Gasteiger partial charge in [0.1, 0.15) is 0 Å². The van der Waals surface area contributed by atoms with Gasteiger partial charge in [0.2, 0.25) is 0 Å². The predicted octanol–water partition coefficient (Wildman–Crippen LogP) is 3.42. The van der Waals surface area contributed by atoms with Crippen LogP contribution in [0, 0.1) is 11.8 Å². The number of carbonyl (C=O) groups is 2. The number of hydrogen-bond donors (Lipinski definition) is 2. The van der Waals surface area contributed by atoms with Crippen molar-refractivity contribution in [3.63, 3.8) is 0 Å². The lowest BCUT2D eigenvalue weighted by atomic mass is 10.2. The van der Waals surface area contributed by atoms with Crippen LogP contribution in [0.5, 0.6) is 0 Å². The Morgan fingerprint density at radius 2 is 1.55 bits per heavy atom. The van der Waals surface area contributed by atoms with E-state index in [0.29, 0.717) is 24.9 Å². The molecule has 0 atom stereocenters. The Labute approximate surface area is 134 Å². The van der Waals surface area contributed by atoms with Gasteiger partial charge in [0.25, 0.3) is 5.97 Å². The maximum atomic E-state index is 10.0. The first kappa shape index (κ1) is 25.4. The molecule has 0 amide bonds. The summed E-state index contributed by atoms with van der Waals surface area (Å²) in [6, 6.07) is 0. The third-order valence-electron chi connectivity index (χ3n) is 1.68. The molecule has 6 heteroatoms. The van der Waals surface area contributed by atoms with Gasteiger partial charge in [-0.1, -0.05) is 34.3 Å². The first-order valence-corrected chi connectivity index (χ1v) is 7.34. The summed E-state index contributed by atoms with van der Waals surface area (Å²) in [4.78, 5) is 19.0. The lowest BCUT2D eigenvalue weighted by molar-refractivity contribution is -0.137. The predicted molar refractivity (Wildman–Crippen MR) is 86.8 cm³/mol. The Kier molecular flexibility index (Phi) is 22.4. The molecule has 0 fully saturated rings. The molecular formula is C16H32O6. The Hall–Kier alpha value is -1.56. The number of aliphatic carboxylic acids is 2. The molecule has 22 heavy (non-hydrogen) atoms. The molecular weight excluding hydrogens is 288 g/mol. The summed E-state index contributed by atoms with van der Waals surface area (Å²) in [6.07, 6.45) is 2.29. The molecule has 0 heterocycles. The number of rotatable bonds is 9. The van der Waals surface area contributed by atoms with E-state index in [0.717, 1.165) is 20.1 Å². The average molecular weight is 320 g/mol. The summed E-state index contributed by atoms with van der Waals surface area (Å²) >= 11 is 0. The average Bonchev–Trinajstić information content (AvgIpc) is 2.35. The summed E-state index contributed by atoms with van der Waals surface area (Å²) in [6.45, 7) is 14.9. The minimum absolute atomic E-state index is 0.206. The van der Waals surface area contributed by atoms with Crippen LogP contribution in [0.15, 0.2) is 12.8 Å². The van der Waals surface area contributed by atoms with Crippen molar-refractivity contribution in [3.8, 4) is 0 Å². The van der Waals surface area contributed by atoms with Crippen molar-refractivity contribution in [2.75, 3.05) is 19.8 Å². The topological polar surface area (TPSA) is 93.1 Å². The fourth-order valence-corrected chi connectivity index (χ4v) is 0.905. The zero-order valence-electron chi connectivity index (χ0n) is 14.5. The van der Waals surface area contributed by atoms with Crippen LogP contribution >= 0.6 is 0 Å². The Morgan fingerprint density at radius 3 is 1.82 bits per heavy atom. The summed E-state index contributed by atoms with van der Waals surface area (Å²) in [5.74, 6) is -0.448. The highest BCUT2D eigenvalue weighted by Gasteiger charge is 1.97. The molecule has 0 spiro atoms. The van der Waals surface area contributed by atoms with Gasteiger partial charge < -0.3 is 19.7 Å². The van der Waals surface area contributed by atoms with Crippen molar-refractivity contribution < 1.29 is 29.3 Å². The molecule has 0 unspecified atom stereocenters. The highest BCUT2D eigenvalue weighted by Crippen LogP contribution is 1.95. The Morgan fingerprint density at radius 1 is 1.09 bits per heavy atom. The maximum Gasteiger partial charge on any atom is 0.303 e. The second kappa shape index (κ2) is 19.4. The summed E-state index contributed by atoms with van der Waals surface area (Å²) in [7, 11) is 0. The monoisotopic (exact) mass is 320 g/mol. The molecule has 0 aromatic rings. The molecule has 0 aromatic carbocycles. The zero-order chi connectivity index (χ0) is 18.0. The quantitative estimate of drug-likeness (QED) is 0.499. The third kappa shape index (κ3) is 51.5. The molecule has 0 rings (SSSR count). The van der Waals surface area contributed by atoms with Crippen LogP contribution in [0.2, 0.25) is 0 Å². The van der Waals surface area contributed by atoms with E-state index in [1.54, 1.807) is 0 Å². The molecule has 2 N–H and O–H groups in total. The van der Waals surface area contributed by atoms with Gasteiger partial charge in [-0.25, -0.2) is 0 Å². The van der Waals surface area contributed by atoms with Crippen LogP contribution in [-0.2, 0) is 19.1 Å². The van der Waals surface area contributed by atoms with Crippen molar-refractivity contribution in [2.24, 2.45) is 11.8 Å². The fraction of sp³-hybridized carbons (Fsp3) is 0.750. The molecule has 132 valence electrons. The van der Waals surface area contributed by atoms with Crippen LogP contribution in [0.3, 0.4) is 0 Å². The lowest BCUT2D eigenvalue weighted by Crippen LogP contribution is -2.04. The Balaban J connectivity index is -0.000000280. The summed E-state index contributed by atoms with van der Waals surface area (Å²) < 4.78 is 10.0. The van der Waals surface area contributed by atoms with Crippen LogP contribution in [-0.4, -0.2) is 42.0 Å². The van der Waals surface area contributed by atoms with Crippen LogP contribution in [0.25, 0.3) is 0 Å². The SMILES string of the molecule is C=COCC(C)C.CC(=O)O.CC(C)COCCCC(=O)O. The summed E-state index contributed by atoms with van der Waals surface area (Å²) in [5, 5.41) is 15.7. The van der Waals surface area contributed by atoms with E-state index < -0.39 is 11.9 Å². The fourth-order valence-electron chi connectivity index (χ4n) is 0.905. The molecule has 0 bridgehead atoms. The van der Waals surface area contributed by atoms with E-state index in [1.807, 2.05) is 0 Å². The standard InChI is InChI=1S/C8H16O3.C6H12O.C2H4O2/c1-7(2)6-11-5-3-4-8(9)10;1-4-7-5-6(2)3;1-2(3)4/h7H,3-6H2,1-2H3,(H,9,10);4,6H,1,5H2,2-3H3;1H3,(H,3,4). The van der Waals surface area contributed by atoms with Gasteiger partial charge in [-0.05, 0) is 18.3 Å². The largest absolute Gasteiger partial charge is 0.502 e. The third-order valence-corrected chi connectivity index (χ3v) is 1.68. The molecule has 0 radical (unpaired) electrons. The van der Waals surface area contributed by atoms with E-state index in [9.17, 15) is 4.79 Å². The molecule has 0 aromatic heterocycles. The van der Waals surface area contributed by atoms with E-state index in [-0.39, 0.29) is 6.42 Å². The molecule has 6 nitrogen and oxygen atoms in total. The second-order valence-electron chi connectivity index (χ2n) is 5.38. The lowest BCUT2D eigenvalue weighted by Gasteiger charge is -2.04. The van der Waals surface area contributed by atoms with Gasteiger partial charge in [-0.2, -0.15) is 0 Å². The van der Waals surface area contributed by atoms with Crippen LogP contribution < -0.4 is 0 Å². The van der Waals surface area contributed by atoms with Crippen LogP contribution in [0.4, 0.5) is 0 Å². The number of carboxylic acids is 2. The van der Waals surface area contributed by atoms with E-state index in [2.05, 4.69) is 34.3 Å². The maximum absolute atomic E-state index is 10.0. The van der Waals surface area contributed by atoms with E-state index >= 15 is 0 Å². The van der Waals surface area contributed by atoms with Gasteiger partial charge in [-0.3, -0.25) is 9.59 Å². The Bertz CT molecular complexity index is 270. The van der Waals surface area contributed by atoms with Gasteiger partial charge in [0, 0.05) is 26.6 Å². The second-order valence-corrected chi connectivity index (χ2v) is 5.38. The van der Waals surface area contributed by atoms with Gasteiger partial charge >= 0.3 is 5.97 Å². The molecule has 0 aliphatic carbocycles. The summed E-state index contributed by atoms with van der Waals surface area (Å²) in [5.41, 5.74) is 0. The number of ether oxygens (including phenoxy) is 2. The van der Waals surface area contributed by atoms with Gasteiger partial charge in [0.15, 0.2) is 0 Å². The van der Waals surface area contributed by atoms with Crippen molar-refractivity contribution in [2.45, 2.75) is 47.5 Å². The highest BCUT2D eigenvalue weighted by molar-refractivity contribution is 5.66. The zero-order valence-corrected chi connectivity index (χ0v) is 14.5. The first-order valence-electron chi connectivity index (χ1n) is 7.34. The molecule has 0 aliphatic heterocycles. The van der Waals surface area contributed by atoms with Crippen molar-refractivity contribution in [1.82, 2.24) is 0 Å². The molecule has 0 saturated heterocycles. The normalized spacial score (nSPS) is 9.23. The number of hydrogen-bond acceptors (Lipinski definition) is 4. The van der Waals surface area contributed by atoms with Crippen LogP contribution in [0.1, 0.15) is 47.5 Å². The minimum Gasteiger partial charge on any atom is -0.502 e. The van der Waals surface area contributed by atoms with E-state index in [4.69, 9.17) is 24.5 Å². The number of carboxylic acid groups (broad SMARTS) is 2. The molecule has 0 aliphatic rings. The smallest absolute Gasteiger partial charge is 0.303 e.